The van der Waals surface area contributed by atoms with Crippen LogP contribution in [0, 0.1) is 12.8 Å². The molecule has 1 saturated heterocycles. The molecular formula is C16H20N4O2S. The Labute approximate surface area is 138 Å². The molecule has 0 radical (unpaired) electrons. The van der Waals surface area contributed by atoms with Crippen LogP contribution in [0.4, 0.5) is 0 Å². The molecule has 7 heteroatoms. The minimum atomic E-state index is -0.0834. The summed E-state index contributed by atoms with van der Waals surface area (Å²) in [7, 11) is 0. The minimum Gasteiger partial charge on any atom is -0.492 e. The van der Waals surface area contributed by atoms with Crippen molar-refractivity contribution in [2.75, 3.05) is 13.1 Å². The molecule has 4 heterocycles. The molecule has 2 atom stereocenters. The van der Waals surface area contributed by atoms with Gasteiger partial charge in [0.1, 0.15) is 23.9 Å². The molecule has 0 saturated carbocycles. The van der Waals surface area contributed by atoms with Crippen LogP contribution < -0.4 is 0 Å². The van der Waals surface area contributed by atoms with Crippen LogP contribution in [0.5, 0.6) is 5.88 Å². The Balaban J connectivity index is 1.81. The van der Waals surface area contributed by atoms with Gasteiger partial charge >= 0.3 is 0 Å². The van der Waals surface area contributed by atoms with Crippen LogP contribution in [-0.2, 0) is 0 Å². The van der Waals surface area contributed by atoms with E-state index in [-0.39, 0.29) is 11.9 Å². The molecule has 3 aromatic heterocycles. The van der Waals surface area contributed by atoms with E-state index >= 15 is 0 Å². The molecule has 3 aromatic rings. The molecule has 2 unspecified atom stereocenters. The van der Waals surface area contributed by atoms with Gasteiger partial charge in [0.15, 0.2) is 0 Å². The van der Waals surface area contributed by atoms with Crippen LogP contribution in [0.1, 0.15) is 42.2 Å². The number of fused-ring (bicyclic) bond motifs is 1. The fourth-order valence-corrected chi connectivity index (χ4v) is 4.48. The van der Waals surface area contributed by atoms with Crippen molar-refractivity contribution in [1.82, 2.24) is 19.5 Å². The van der Waals surface area contributed by atoms with Gasteiger partial charge in [0, 0.05) is 6.54 Å². The number of aromatic nitrogens is 3. The van der Waals surface area contributed by atoms with Crippen molar-refractivity contribution in [3.63, 3.8) is 0 Å². The summed E-state index contributed by atoms with van der Waals surface area (Å²) in [6.45, 7) is 6.22. The average molecular weight is 332 g/mol. The molecule has 23 heavy (non-hydrogen) atoms. The molecule has 0 aromatic carbocycles. The Bertz CT molecular complexity index is 821. The maximum absolute atomic E-state index is 10.6. The Morgan fingerprint density at radius 2 is 2.30 bits per heavy atom. The quantitative estimate of drug-likeness (QED) is 0.798. The summed E-state index contributed by atoms with van der Waals surface area (Å²) in [6, 6.07) is 3.90. The highest BCUT2D eigenvalue weighted by atomic mass is 32.1. The van der Waals surface area contributed by atoms with Crippen molar-refractivity contribution in [3.8, 4) is 5.88 Å². The average Bonchev–Trinajstić information content (AvgIpc) is 3.20. The lowest BCUT2D eigenvalue weighted by Gasteiger charge is -2.35. The molecule has 0 bridgehead atoms. The molecular weight excluding hydrogens is 312 g/mol. The SMILES string of the molecule is Cc1ccc(C(c2sc3ncnn3c2O)N2CCCC(C)C2)o1. The summed E-state index contributed by atoms with van der Waals surface area (Å²) in [5.41, 5.74) is 0. The second kappa shape index (κ2) is 5.65. The molecule has 0 spiro atoms. The van der Waals surface area contributed by atoms with Gasteiger partial charge in [-0.05, 0) is 44.4 Å². The zero-order chi connectivity index (χ0) is 16.0. The van der Waals surface area contributed by atoms with Crippen LogP contribution in [-0.4, -0.2) is 37.7 Å². The number of aryl methyl sites for hydroxylation is 1. The van der Waals surface area contributed by atoms with Gasteiger partial charge in [0.25, 0.3) is 0 Å². The first kappa shape index (κ1) is 14.7. The van der Waals surface area contributed by atoms with Gasteiger partial charge < -0.3 is 9.52 Å². The van der Waals surface area contributed by atoms with Crippen LogP contribution in [0.25, 0.3) is 4.96 Å². The zero-order valence-corrected chi connectivity index (χ0v) is 14.1. The van der Waals surface area contributed by atoms with Gasteiger partial charge in [0.05, 0.1) is 4.88 Å². The van der Waals surface area contributed by atoms with E-state index in [0.29, 0.717) is 10.9 Å². The van der Waals surface area contributed by atoms with Gasteiger partial charge in [-0.2, -0.15) is 9.61 Å². The first-order valence-corrected chi connectivity index (χ1v) is 8.77. The van der Waals surface area contributed by atoms with Gasteiger partial charge in [-0.25, -0.2) is 4.98 Å². The van der Waals surface area contributed by atoms with Crippen molar-refractivity contribution < 1.29 is 9.52 Å². The van der Waals surface area contributed by atoms with Crippen LogP contribution in [0.15, 0.2) is 22.9 Å². The molecule has 0 aliphatic carbocycles. The smallest absolute Gasteiger partial charge is 0.230 e. The summed E-state index contributed by atoms with van der Waals surface area (Å²) in [5, 5.41) is 14.7. The lowest BCUT2D eigenvalue weighted by Crippen LogP contribution is -2.37. The number of furan rings is 1. The third kappa shape index (κ3) is 2.53. The fraction of sp³-hybridized carbons (Fsp3) is 0.500. The summed E-state index contributed by atoms with van der Waals surface area (Å²) < 4.78 is 7.42. The van der Waals surface area contributed by atoms with E-state index < -0.39 is 0 Å². The normalized spacial score (nSPS) is 21.0. The predicted octanol–water partition coefficient (Wildman–Crippen LogP) is 3.22. The first-order chi connectivity index (χ1) is 11.1. The van der Waals surface area contributed by atoms with Crippen LogP contribution in [0.2, 0.25) is 0 Å². The van der Waals surface area contributed by atoms with E-state index in [1.807, 2.05) is 19.1 Å². The maximum atomic E-state index is 10.6. The third-order valence-electron chi connectivity index (χ3n) is 4.47. The van der Waals surface area contributed by atoms with Crippen molar-refractivity contribution >= 4 is 16.3 Å². The number of aromatic hydroxyl groups is 1. The number of nitrogens with zero attached hydrogens (tertiary/aromatic N) is 4. The predicted molar refractivity (Wildman–Crippen MR) is 87.8 cm³/mol. The van der Waals surface area contributed by atoms with Crippen molar-refractivity contribution in [3.05, 3.63) is 34.9 Å². The highest BCUT2D eigenvalue weighted by Crippen LogP contribution is 2.41. The summed E-state index contributed by atoms with van der Waals surface area (Å²) in [6.07, 6.45) is 3.88. The Kier molecular flexibility index (Phi) is 3.61. The Hall–Kier alpha value is -1.86. The fourth-order valence-electron chi connectivity index (χ4n) is 3.41. The number of thiazole rings is 1. The van der Waals surface area contributed by atoms with E-state index in [4.69, 9.17) is 4.42 Å². The van der Waals surface area contributed by atoms with Gasteiger partial charge in [-0.3, -0.25) is 4.90 Å². The first-order valence-electron chi connectivity index (χ1n) is 7.95. The molecule has 1 aliphatic rings. The number of hydrogen-bond acceptors (Lipinski definition) is 6. The van der Waals surface area contributed by atoms with Crippen molar-refractivity contribution in [2.45, 2.75) is 32.7 Å². The Morgan fingerprint density at radius 3 is 3.00 bits per heavy atom. The number of rotatable bonds is 3. The highest BCUT2D eigenvalue weighted by molar-refractivity contribution is 7.17. The van der Waals surface area contributed by atoms with Crippen LogP contribution in [0.3, 0.4) is 0 Å². The van der Waals surface area contributed by atoms with Crippen LogP contribution >= 0.6 is 11.3 Å². The number of likely N-dealkylation sites (tertiary alicyclic amines) is 1. The van der Waals surface area contributed by atoms with Gasteiger partial charge in [0.2, 0.25) is 10.8 Å². The standard InChI is InChI=1S/C16H20N4O2S/c1-10-4-3-7-19(8-10)13(12-6-5-11(2)22-12)14-15(21)20-16(23-14)17-9-18-20/h5-6,9-10,13,21H,3-4,7-8H2,1-2H3. The lowest BCUT2D eigenvalue weighted by atomic mass is 9.97. The van der Waals surface area contributed by atoms with E-state index in [0.717, 1.165) is 29.5 Å². The highest BCUT2D eigenvalue weighted by Gasteiger charge is 2.33. The zero-order valence-electron chi connectivity index (χ0n) is 13.3. The topological polar surface area (TPSA) is 66.8 Å². The summed E-state index contributed by atoms with van der Waals surface area (Å²) in [4.78, 5) is 8.16. The van der Waals surface area contributed by atoms with Crippen molar-refractivity contribution in [1.29, 1.82) is 0 Å². The second-order valence-corrected chi connectivity index (χ2v) is 7.35. The largest absolute Gasteiger partial charge is 0.492 e. The third-order valence-corrected chi connectivity index (χ3v) is 5.56. The second-order valence-electron chi connectivity index (χ2n) is 6.34. The molecule has 1 aliphatic heterocycles. The maximum Gasteiger partial charge on any atom is 0.230 e. The lowest BCUT2D eigenvalue weighted by molar-refractivity contribution is 0.135. The number of hydrogen-bond donors (Lipinski definition) is 1. The summed E-state index contributed by atoms with van der Waals surface area (Å²) in [5.74, 6) is 2.57. The monoisotopic (exact) mass is 332 g/mol. The molecule has 1 N–H and O–H groups in total. The number of piperidine rings is 1. The Morgan fingerprint density at radius 1 is 1.43 bits per heavy atom. The molecule has 122 valence electrons. The molecule has 1 fully saturated rings. The van der Waals surface area contributed by atoms with Gasteiger partial charge in [-0.15, -0.1) is 0 Å². The van der Waals surface area contributed by atoms with Gasteiger partial charge in [-0.1, -0.05) is 18.3 Å². The molecule has 0 amide bonds. The molecule has 4 rings (SSSR count). The minimum absolute atomic E-state index is 0.0834. The van der Waals surface area contributed by atoms with Crippen molar-refractivity contribution in [2.24, 2.45) is 5.92 Å². The van der Waals surface area contributed by atoms with E-state index in [1.54, 1.807) is 0 Å². The van der Waals surface area contributed by atoms with E-state index in [2.05, 4.69) is 21.9 Å². The summed E-state index contributed by atoms with van der Waals surface area (Å²) >= 11 is 1.48. The molecule has 6 nitrogen and oxygen atoms in total. The van der Waals surface area contributed by atoms with E-state index in [9.17, 15) is 5.11 Å². The van der Waals surface area contributed by atoms with E-state index in [1.165, 1.54) is 35.0 Å².